The number of halogens is 2. The normalized spacial score (nSPS) is 11.1. The number of aliphatic imine (C=N–C) groups is 1. The Kier molecular flexibility index (Phi) is 8.76. The van der Waals surface area contributed by atoms with Crippen molar-refractivity contribution in [2.24, 2.45) is 4.99 Å². The van der Waals surface area contributed by atoms with E-state index in [0.29, 0.717) is 13.1 Å². The van der Waals surface area contributed by atoms with Crippen LogP contribution in [0.4, 0.5) is 0 Å². The molecule has 0 fully saturated rings. The molecule has 0 spiro atoms. The molecule has 2 aromatic heterocycles. The van der Waals surface area contributed by atoms with E-state index in [1.54, 1.807) is 22.7 Å². The van der Waals surface area contributed by atoms with E-state index in [1.807, 2.05) is 6.92 Å². The van der Waals surface area contributed by atoms with Crippen LogP contribution in [0.25, 0.3) is 0 Å². The van der Waals surface area contributed by atoms with Gasteiger partial charge in [-0.3, -0.25) is 0 Å². The van der Waals surface area contributed by atoms with Crippen LogP contribution in [-0.2, 0) is 13.1 Å². The third-order valence-electron chi connectivity index (χ3n) is 2.43. The van der Waals surface area contributed by atoms with Crippen LogP contribution in [0.5, 0.6) is 0 Å². The lowest BCUT2D eigenvalue weighted by molar-refractivity contribution is 0.811. The lowest BCUT2D eigenvalue weighted by atomic mass is 10.5. The van der Waals surface area contributed by atoms with E-state index in [4.69, 9.17) is 0 Å². The average molecular weight is 501 g/mol. The lowest BCUT2D eigenvalue weighted by Gasteiger charge is -2.09. The number of aryl methyl sites for hydroxylation is 1. The fourth-order valence-corrected chi connectivity index (χ4v) is 3.66. The minimum atomic E-state index is 0. The molecule has 8 heteroatoms. The van der Waals surface area contributed by atoms with Crippen LogP contribution in [0.2, 0.25) is 0 Å². The second-order valence-corrected chi connectivity index (χ2v) is 7.02. The van der Waals surface area contributed by atoms with Gasteiger partial charge >= 0.3 is 0 Å². The molecule has 4 nitrogen and oxygen atoms in total. The van der Waals surface area contributed by atoms with Crippen molar-refractivity contribution in [2.45, 2.75) is 26.9 Å². The summed E-state index contributed by atoms with van der Waals surface area (Å²) in [5.74, 6) is 0.824. The largest absolute Gasteiger partial charge is 0.357 e. The number of thiophene rings is 1. The Morgan fingerprint density at radius 3 is 2.71 bits per heavy atom. The van der Waals surface area contributed by atoms with E-state index in [-0.39, 0.29) is 24.0 Å². The number of nitrogens with one attached hydrogen (secondary N) is 2. The quantitative estimate of drug-likeness (QED) is 0.368. The first-order valence-corrected chi connectivity index (χ1v) is 8.88. The summed E-state index contributed by atoms with van der Waals surface area (Å²) in [5.41, 5.74) is 1.07. The van der Waals surface area contributed by atoms with Crippen molar-refractivity contribution in [3.63, 3.8) is 0 Å². The highest BCUT2D eigenvalue weighted by Gasteiger charge is 2.02. The molecule has 2 aromatic rings. The van der Waals surface area contributed by atoms with Gasteiger partial charge in [0.25, 0.3) is 0 Å². The number of nitrogens with zero attached hydrogens (tertiary/aromatic N) is 2. The van der Waals surface area contributed by atoms with Crippen LogP contribution in [0.15, 0.2) is 26.3 Å². The van der Waals surface area contributed by atoms with Gasteiger partial charge in [-0.05, 0) is 35.8 Å². The molecule has 2 heterocycles. The molecule has 0 bridgehead atoms. The standard InChI is InChI=1S/C13H17BrN4S2.HI/c1-3-15-13(16-5-11-4-10(14)8-19-11)17-6-12-18-9(2)7-20-12;/h4,7-8H,3,5-6H2,1-2H3,(H2,15,16,17);1H. The summed E-state index contributed by atoms with van der Waals surface area (Å²) in [5, 5.41) is 11.8. The Labute approximate surface area is 158 Å². The van der Waals surface area contributed by atoms with Gasteiger partial charge in [-0.2, -0.15) is 0 Å². The van der Waals surface area contributed by atoms with Gasteiger partial charge in [-0.25, -0.2) is 9.98 Å². The van der Waals surface area contributed by atoms with Crippen molar-refractivity contribution in [1.82, 2.24) is 15.6 Å². The van der Waals surface area contributed by atoms with Crippen LogP contribution in [0.3, 0.4) is 0 Å². The summed E-state index contributed by atoms with van der Waals surface area (Å²) >= 11 is 6.83. The van der Waals surface area contributed by atoms with Crippen molar-refractivity contribution in [3.05, 3.63) is 36.9 Å². The predicted octanol–water partition coefficient (Wildman–Crippen LogP) is 4.15. The van der Waals surface area contributed by atoms with Gasteiger partial charge in [-0.1, -0.05) is 0 Å². The molecule has 0 aromatic carbocycles. The number of guanidine groups is 1. The molecule has 116 valence electrons. The molecule has 2 rings (SSSR count). The first-order valence-electron chi connectivity index (χ1n) is 6.33. The molecule has 0 aliphatic rings. The maximum atomic E-state index is 4.58. The Balaban J connectivity index is 0.00000220. The van der Waals surface area contributed by atoms with E-state index < -0.39 is 0 Å². The lowest BCUT2D eigenvalue weighted by Crippen LogP contribution is -2.36. The maximum Gasteiger partial charge on any atom is 0.191 e. The fraction of sp³-hybridized carbons (Fsp3) is 0.385. The summed E-state index contributed by atoms with van der Waals surface area (Å²) < 4.78 is 1.11. The van der Waals surface area contributed by atoms with Crippen molar-refractivity contribution < 1.29 is 0 Å². The zero-order chi connectivity index (χ0) is 14.4. The summed E-state index contributed by atoms with van der Waals surface area (Å²) in [4.78, 5) is 10.2. The maximum absolute atomic E-state index is 4.58. The molecule has 0 radical (unpaired) electrons. The molecule has 21 heavy (non-hydrogen) atoms. The first-order chi connectivity index (χ1) is 9.67. The summed E-state index contributed by atoms with van der Waals surface area (Å²) in [6, 6.07) is 2.10. The second-order valence-electron chi connectivity index (χ2n) is 4.16. The number of hydrogen-bond acceptors (Lipinski definition) is 4. The third-order valence-corrected chi connectivity index (χ3v) is 5.08. The predicted molar refractivity (Wildman–Crippen MR) is 106 cm³/mol. The highest BCUT2D eigenvalue weighted by atomic mass is 127. The Hall–Kier alpha value is -0.190. The highest BCUT2D eigenvalue weighted by Crippen LogP contribution is 2.20. The van der Waals surface area contributed by atoms with E-state index in [9.17, 15) is 0 Å². The van der Waals surface area contributed by atoms with Crippen LogP contribution < -0.4 is 10.6 Å². The smallest absolute Gasteiger partial charge is 0.191 e. The number of aromatic nitrogens is 1. The van der Waals surface area contributed by atoms with Gasteiger partial charge in [0.1, 0.15) is 5.01 Å². The molecular weight excluding hydrogens is 483 g/mol. The minimum Gasteiger partial charge on any atom is -0.357 e. The van der Waals surface area contributed by atoms with Gasteiger partial charge in [0, 0.05) is 32.3 Å². The molecule has 0 amide bonds. The third kappa shape index (κ3) is 6.62. The number of hydrogen-bond donors (Lipinski definition) is 2. The monoisotopic (exact) mass is 500 g/mol. The molecular formula is C13H18BrIN4S2. The minimum absolute atomic E-state index is 0. The highest BCUT2D eigenvalue weighted by molar-refractivity contribution is 14.0. The Morgan fingerprint density at radius 1 is 1.33 bits per heavy atom. The number of rotatable bonds is 5. The van der Waals surface area contributed by atoms with Crippen LogP contribution in [0.1, 0.15) is 22.5 Å². The van der Waals surface area contributed by atoms with Gasteiger partial charge < -0.3 is 10.6 Å². The van der Waals surface area contributed by atoms with Crippen molar-refractivity contribution in [3.8, 4) is 0 Å². The summed E-state index contributed by atoms with van der Waals surface area (Å²) in [6.07, 6.45) is 0. The molecule has 0 saturated carbocycles. The first kappa shape index (κ1) is 18.9. The van der Waals surface area contributed by atoms with Crippen molar-refractivity contribution >= 4 is 68.5 Å². The number of thiazole rings is 1. The van der Waals surface area contributed by atoms with Crippen LogP contribution in [0, 0.1) is 6.92 Å². The van der Waals surface area contributed by atoms with E-state index in [1.165, 1.54) is 4.88 Å². The van der Waals surface area contributed by atoms with E-state index >= 15 is 0 Å². The Morgan fingerprint density at radius 2 is 2.14 bits per heavy atom. The van der Waals surface area contributed by atoms with Gasteiger partial charge in [-0.15, -0.1) is 46.7 Å². The molecule has 2 N–H and O–H groups in total. The zero-order valence-corrected chi connectivity index (χ0v) is 17.4. The summed E-state index contributed by atoms with van der Waals surface area (Å²) in [7, 11) is 0. The fourth-order valence-electron chi connectivity index (χ4n) is 1.58. The molecule has 0 saturated heterocycles. The van der Waals surface area contributed by atoms with Gasteiger partial charge in [0.15, 0.2) is 5.96 Å². The van der Waals surface area contributed by atoms with Crippen LogP contribution in [-0.4, -0.2) is 17.5 Å². The molecule has 0 unspecified atom stereocenters. The van der Waals surface area contributed by atoms with Crippen LogP contribution >= 0.6 is 62.6 Å². The second kappa shape index (κ2) is 9.75. The topological polar surface area (TPSA) is 49.3 Å². The molecule has 0 atom stereocenters. The van der Waals surface area contributed by atoms with Crippen molar-refractivity contribution in [1.29, 1.82) is 0 Å². The zero-order valence-electron chi connectivity index (χ0n) is 11.9. The van der Waals surface area contributed by atoms with Gasteiger partial charge in [0.05, 0.1) is 13.1 Å². The van der Waals surface area contributed by atoms with Crippen molar-refractivity contribution in [2.75, 3.05) is 6.54 Å². The van der Waals surface area contributed by atoms with E-state index in [0.717, 1.165) is 27.7 Å². The summed E-state index contributed by atoms with van der Waals surface area (Å²) in [6.45, 7) is 6.30. The molecule has 0 aliphatic heterocycles. The average Bonchev–Trinajstić information content (AvgIpc) is 3.02. The molecule has 0 aliphatic carbocycles. The van der Waals surface area contributed by atoms with Gasteiger partial charge in [0.2, 0.25) is 0 Å². The van der Waals surface area contributed by atoms with E-state index in [2.05, 4.69) is 60.3 Å². The Bertz CT molecular complexity index is 582. The SMILES string of the molecule is CCNC(=NCc1cc(Br)cs1)NCc1nc(C)cs1.I.